The molecule has 37 heavy (non-hydrogen) atoms. The maximum atomic E-state index is 12.4. The van der Waals surface area contributed by atoms with Crippen molar-refractivity contribution in [1.29, 1.82) is 0 Å². The summed E-state index contributed by atoms with van der Waals surface area (Å²) in [5, 5.41) is 0. The molecule has 0 N–H and O–H groups in total. The van der Waals surface area contributed by atoms with Crippen molar-refractivity contribution in [2.75, 3.05) is 26.4 Å². The van der Waals surface area contributed by atoms with Crippen molar-refractivity contribution < 1.29 is 38.6 Å². The molecule has 2 aromatic rings. The predicted octanol–water partition coefficient (Wildman–Crippen LogP) is 6.36. The maximum Gasteiger partial charge on any atom is 0.373 e. The monoisotopic (exact) mass is 516 g/mol. The van der Waals surface area contributed by atoms with Gasteiger partial charge in [0, 0.05) is 26.2 Å². The number of hydrogen-bond donors (Lipinski definition) is 0. The van der Waals surface area contributed by atoms with Crippen LogP contribution in [0.5, 0.6) is 0 Å². The van der Waals surface area contributed by atoms with E-state index in [9.17, 15) is 9.59 Å². The Labute approximate surface area is 220 Å². The average Bonchev–Trinajstić information content (AvgIpc) is 2.90. The molecule has 204 valence electrons. The summed E-state index contributed by atoms with van der Waals surface area (Å²) in [6.07, 6.45) is 0.705. The summed E-state index contributed by atoms with van der Waals surface area (Å²) in [7, 11) is 0. The maximum absolute atomic E-state index is 12.4. The van der Waals surface area contributed by atoms with E-state index in [1.54, 1.807) is 24.3 Å². The molecule has 0 radical (unpaired) electrons. The standard InChI is InChI=1S/C29H40O8/c1-6-17-32-18-7-19-33-20-16-27(34-36-28(30)25-12-8-23(9-13-25)21(2)3)35-37-29(31)26-14-10-24(11-15-26)22(4)5/h8-15,21-22,27H,6-7,16-20H2,1-5H3. The Balaban J connectivity index is 1.88. The van der Waals surface area contributed by atoms with E-state index in [1.165, 1.54) is 0 Å². The lowest BCUT2D eigenvalue weighted by molar-refractivity contribution is -0.422. The molecule has 0 bridgehead atoms. The van der Waals surface area contributed by atoms with Crippen LogP contribution >= 0.6 is 0 Å². The zero-order chi connectivity index (χ0) is 27.0. The molecule has 0 fully saturated rings. The molecule has 0 atom stereocenters. The molecular weight excluding hydrogens is 476 g/mol. The lowest BCUT2D eigenvalue weighted by Crippen LogP contribution is -2.24. The fourth-order valence-electron chi connectivity index (χ4n) is 3.20. The van der Waals surface area contributed by atoms with E-state index >= 15 is 0 Å². The molecule has 2 rings (SSSR count). The molecule has 2 aromatic carbocycles. The smallest absolute Gasteiger partial charge is 0.373 e. The zero-order valence-corrected chi connectivity index (χ0v) is 22.6. The van der Waals surface area contributed by atoms with Gasteiger partial charge in [0.1, 0.15) is 0 Å². The first-order valence-corrected chi connectivity index (χ1v) is 12.9. The third-order valence-corrected chi connectivity index (χ3v) is 5.51. The topological polar surface area (TPSA) is 89.5 Å². The molecule has 0 aromatic heterocycles. The van der Waals surface area contributed by atoms with Gasteiger partial charge in [0.05, 0.1) is 17.7 Å². The first-order chi connectivity index (χ1) is 17.8. The van der Waals surface area contributed by atoms with E-state index in [-0.39, 0.29) is 13.0 Å². The molecule has 0 aliphatic rings. The summed E-state index contributed by atoms with van der Waals surface area (Å²) in [5.74, 6) is -0.691. The molecular formula is C29H40O8. The summed E-state index contributed by atoms with van der Waals surface area (Å²) < 4.78 is 11.0. The van der Waals surface area contributed by atoms with Gasteiger partial charge in [-0.2, -0.15) is 0 Å². The van der Waals surface area contributed by atoms with Gasteiger partial charge in [0.25, 0.3) is 0 Å². The van der Waals surface area contributed by atoms with Crippen LogP contribution in [0.4, 0.5) is 0 Å². The van der Waals surface area contributed by atoms with E-state index in [1.807, 2.05) is 24.3 Å². The molecule has 0 amide bonds. The highest BCUT2D eigenvalue weighted by Gasteiger charge is 2.20. The first-order valence-electron chi connectivity index (χ1n) is 12.9. The minimum Gasteiger partial charge on any atom is -0.381 e. The molecule has 0 saturated heterocycles. The van der Waals surface area contributed by atoms with Crippen LogP contribution < -0.4 is 0 Å². The van der Waals surface area contributed by atoms with Crippen molar-refractivity contribution in [1.82, 2.24) is 0 Å². The molecule has 0 aliphatic carbocycles. The Morgan fingerprint density at radius 1 is 0.649 bits per heavy atom. The van der Waals surface area contributed by atoms with Crippen molar-refractivity contribution in [2.24, 2.45) is 0 Å². The van der Waals surface area contributed by atoms with Crippen molar-refractivity contribution in [3.05, 3.63) is 70.8 Å². The normalized spacial score (nSPS) is 11.4. The van der Waals surface area contributed by atoms with E-state index in [4.69, 9.17) is 29.0 Å². The van der Waals surface area contributed by atoms with Crippen LogP contribution in [-0.2, 0) is 29.0 Å². The Hall–Kier alpha value is -2.78. The minimum absolute atomic E-state index is 0.162. The first kappa shape index (κ1) is 30.4. The van der Waals surface area contributed by atoms with Crippen molar-refractivity contribution >= 4 is 11.9 Å². The summed E-state index contributed by atoms with van der Waals surface area (Å²) >= 11 is 0. The second-order valence-electron chi connectivity index (χ2n) is 9.28. The van der Waals surface area contributed by atoms with Crippen LogP contribution in [0.15, 0.2) is 48.5 Å². The number of benzene rings is 2. The average molecular weight is 517 g/mol. The highest BCUT2D eigenvalue weighted by molar-refractivity contribution is 5.89. The fourth-order valence-corrected chi connectivity index (χ4v) is 3.20. The summed E-state index contributed by atoms with van der Waals surface area (Å²) in [6.45, 7) is 12.4. The molecule has 0 aliphatic heterocycles. The van der Waals surface area contributed by atoms with Crippen molar-refractivity contribution in [2.45, 2.75) is 72.0 Å². The summed E-state index contributed by atoms with van der Waals surface area (Å²) in [4.78, 5) is 45.1. The van der Waals surface area contributed by atoms with Crippen LogP contribution in [0.25, 0.3) is 0 Å². The van der Waals surface area contributed by atoms with Gasteiger partial charge < -0.3 is 9.47 Å². The van der Waals surface area contributed by atoms with Crippen LogP contribution in [0, 0.1) is 0 Å². The van der Waals surface area contributed by atoms with Crippen molar-refractivity contribution in [3.63, 3.8) is 0 Å². The van der Waals surface area contributed by atoms with E-state index in [2.05, 4.69) is 34.6 Å². The van der Waals surface area contributed by atoms with Gasteiger partial charge in [-0.15, -0.1) is 9.78 Å². The van der Waals surface area contributed by atoms with Gasteiger partial charge in [-0.05, 0) is 60.1 Å². The van der Waals surface area contributed by atoms with Gasteiger partial charge in [0.2, 0.25) is 6.29 Å². The second kappa shape index (κ2) is 16.9. The molecule has 0 heterocycles. The third kappa shape index (κ3) is 11.4. The van der Waals surface area contributed by atoms with Gasteiger partial charge >= 0.3 is 11.9 Å². The Morgan fingerprint density at radius 2 is 1.08 bits per heavy atom. The lowest BCUT2D eigenvalue weighted by atomic mass is 10.0. The molecule has 0 saturated carbocycles. The van der Waals surface area contributed by atoms with Gasteiger partial charge in [-0.25, -0.2) is 9.59 Å². The Bertz CT molecular complexity index is 854. The van der Waals surface area contributed by atoms with Gasteiger partial charge in [-0.1, -0.05) is 58.9 Å². The second-order valence-corrected chi connectivity index (χ2v) is 9.28. The van der Waals surface area contributed by atoms with Gasteiger partial charge in [0.15, 0.2) is 0 Å². The van der Waals surface area contributed by atoms with Crippen molar-refractivity contribution in [3.8, 4) is 0 Å². The summed E-state index contributed by atoms with van der Waals surface area (Å²) in [5.41, 5.74) is 2.86. The van der Waals surface area contributed by atoms with Crippen LogP contribution in [0.2, 0.25) is 0 Å². The molecule has 8 heteroatoms. The highest BCUT2D eigenvalue weighted by atomic mass is 17.3. The molecule has 0 spiro atoms. The minimum atomic E-state index is -1.17. The largest absolute Gasteiger partial charge is 0.381 e. The fraction of sp³-hybridized carbons (Fsp3) is 0.517. The third-order valence-electron chi connectivity index (χ3n) is 5.51. The van der Waals surface area contributed by atoms with E-state index in [0.717, 1.165) is 30.6 Å². The molecule has 0 unspecified atom stereocenters. The highest BCUT2D eigenvalue weighted by Crippen LogP contribution is 2.17. The van der Waals surface area contributed by atoms with Crippen LogP contribution in [0.1, 0.15) is 97.6 Å². The summed E-state index contributed by atoms with van der Waals surface area (Å²) in [6, 6.07) is 14.1. The van der Waals surface area contributed by atoms with Crippen LogP contribution in [0.3, 0.4) is 0 Å². The number of rotatable bonds is 17. The predicted molar refractivity (Wildman–Crippen MR) is 139 cm³/mol. The van der Waals surface area contributed by atoms with Crippen LogP contribution in [-0.4, -0.2) is 44.7 Å². The molecule has 8 nitrogen and oxygen atoms in total. The number of carbonyl (C=O) groups excluding carboxylic acids is 2. The van der Waals surface area contributed by atoms with E-state index in [0.29, 0.717) is 36.2 Å². The van der Waals surface area contributed by atoms with Gasteiger partial charge in [-0.3, -0.25) is 9.78 Å². The number of hydrogen-bond acceptors (Lipinski definition) is 8. The Morgan fingerprint density at radius 3 is 1.49 bits per heavy atom. The number of carbonyl (C=O) groups is 2. The lowest BCUT2D eigenvalue weighted by Gasteiger charge is -2.16. The SMILES string of the molecule is CCCOCCCOCCC(OOC(=O)c1ccc(C(C)C)cc1)OOC(=O)c1ccc(C(C)C)cc1. The quantitative estimate of drug-likeness (QED) is 0.104. The van der Waals surface area contributed by atoms with E-state index < -0.39 is 18.2 Å². The Kier molecular flexibility index (Phi) is 13.9. The number of ether oxygens (including phenoxy) is 2. The zero-order valence-electron chi connectivity index (χ0n) is 22.6.